The molecule has 326 valence electrons. The normalized spacial score (nSPS) is 14.8. The van der Waals surface area contributed by atoms with Crippen molar-refractivity contribution in [3.05, 3.63) is 108 Å². The van der Waals surface area contributed by atoms with E-state index in [1.54, 1.807) is 33.8 Å². The maximum Gasteiger partial charge on any atom is 0.407 e. The number of methoxy groups -OCH3 is 2. The van der Waals surface area contributed by atoms with E-state index in [4.69, 9.17) is 14.5 Å². The molecule has 5 heterocycles. The zero-order valence-corrected chi connectivity index (χ0v) is 37.4. The molecular weight excluding hydrogens is 837 g/mol. The highest BCUT2D eigenvalue weighted by atomic mass is 32.1. The number of carbonyl (C=O) groups excluding carboxylic acids is 4. The van der Waals surface area contributed by atoms with Crippen molar-refractivity contribution < 1.29 is 28.7 Å². The molecule has 0 aliphatic carbocycles. The number of likely N-dealkylation sites (tertiary alicyclic amines) is 1. The zero-order valence-electron chi connectivity index (χ0n) is 35.8. The number of nitrogens with one attached hydrogen (secondary N) is 4. The van der Waals surface area contributed by atoms with Crippen LogP contribution in [0, 0.1) is 5.92 Å². The molecule has 4 amide bonds. The molecule has 1 aliphatic heterocycles. The van der Waals surface area contributed by atoms with E-state index in [0.29, 0.717) is 24.5 Å². The number of aromatic nitrogens is 4. The van der Waals surface area contributed by atoms with E-state index in [2.05, 4.69) is 74.1 Å². The molecule has 7 aromatic rings. The molecule has 1 saturated heterocycles. The Morgan fingerprint density at radius 1 is 0.857 bits per heavy atom. The number of hydrogen-bond acceptors (Lipinski definition) is 10. The summed E-state index contributed by atoms with van der Waals surface area (Å²) < 4.78 is 12.0. The number of thiophene rings is 2. The quantitative estimate of drug-likeness (QED) is 0.0836. The summed E-state index contributed by atoms with van der Waals surface area (Å²) in [5, 5.41) is 5.41. The number of alkyl carbamates (subject to hydrolysis) is 2. The van der Waals surface area contributed by atoms with Gasteiger partial charge in [-0.2, -0.15) is 0 Å². The molecule has 14 nitrogen and oxygen atoms in total. The molecule has 4 N–H and O–H groups in total. The number of carbonyl (C=O) groups is 4. The van der Waals surface area contributed by atoms with Crippen LogP contribution in [-0.4, -0.2) is 87.1 Å². The van der Waals surface area contributed by atoms with Crippen molar-refractivity contribution in [2.24, 2.45) is 5.92 Å². The van der Waals surface area contributed by atoms with Crippen LogP contribution >= 0.6 is 22.7 Å². The zero-order chi connectivity index (χ0) is 44.2. The molecule has 0 radical (unpaired) electrons. The Morgan fingerprint density at radius 3 is 2.21 bits per heavy atom. The van der Waals surface area contributed by atoms with Crippen molar-refractivity contribution >= 4 is 67.1 Å². The highest BCUT2D eigenvalue weighted by molar-refractivity contribution is 7.31. The van der Waals surface area contributed by atoms with Gasteiger partial charge in [0.15, 0.2) is 0 Å². The summed E-state index contributed by atoms with van der Waals surface area (Å²) >= 11 is 3.51. The van der Waals surface area contributed by atoms with Crippen LogP contribution in [0.15, 0.2) is 91.1 Å². The number of nitrogens with zero attached hydrogens (tertiary/aromatic N) is 4. The second-order valence-corrected chi connectivity index (χ2v) is 18.1. The van der Waals surface area contributed by atoms with Crippen LogP contribution in [-0.2, 0) is 25.6 Å². The van der Waals surface area contributed by atoms with Gasteiger partial charge >= 0.3 is 12.2 Å². The van der Waals surface area contributed by atoms with Crippen LogP contribution in [0.3, 0.4) is 0 Å². The summed E-state index contributed by atoms with van der Waals surface area (Å²) in [6.07, 6.45) is 2.85. The number of imidazole rings is 2. The minimum Gasteiger partial charge on any atom is -0.453 e. The molecule has 0 spiro atoms. The Morgan fingerprint density at radius 2 is 1.52 bits per heavy atom. The molecule has 3 aromatic carbocycles. The van der Waals surface area contributed by atoms with Gasteiger partial charge in [0, 0.05) is 32.2 Å². The second-order valence-electron chi connectivity index (χ2n) is 15.9. The summed E-state index contributed by atoms with van der Waals surface area (Å²) in [7, 11) is 2.57. The maximum absolute atomic E-state index is 13.8. The number of ether oxygens (including phenoxy) is 2. The summed E-state index contributed by atoms with van der Waals surface area (Å²) in [4.78, 5) is 74.0. The van der Waals surface area contributed by atoms with E-state index in [0.717, 1.165) is 63.4 Å². The Labute approximate surface area is 373 Å². The summed E-state index contributed by atoms with van der Waals surface area (Å²) in [5.41, 5.74) is 6.44. The first-order valence-electron chi connectivity index (χ1n) is 21.0. The smallest absolute Gasteiger partial charge is 0.407 e. The third-order valence-electron chi connectivity index (χ3n) is 11.3. The van der Waals surface area contributed by atoms with E-state index in [-0.39, 0.29) is 30.3 Å². The van der Waals surface area contributed by atoms with E-state index in [9.17, 15) is 19.2 Å². The number of fused-ring (bicyclic) bond motifs is 2. The first-order valence-corrected chi connectivity index (χ1v) is 22.7. The van der Waals surface area contributed by atoms with Gasteiger partial charge in [0.05, 0.1) is 49.7 Å². The minimum absolute atomic E-state index is 0.106. The van der Waals surface area contributed by atoms with Gasteiger partial charge in [0.1, 0.15) is 23.7 Å². The van der Waals surface area contributed by atoms with E-state index >= 15 is 0 Å². The molecule has 3 unspecified atom stereocenters. The van der Waals surface area contributed by atoms with Gasteiger partial charge in [0.2, 0.25) is 11.8 Å². The molecular formula is C47H50N8O6S2. The lowest BCUT2D eigenvalue weighted by molar-refractivity contribution is -0.135. The van der Waals surface area contributed by atoms with Gasteiger partial charge in [-0.3, -0.25) is 9.59 Å². The summed E-state index contributed by atoms with van der Waals surface area (Å²) in [5.74, 6) is 0.902. The molecule has 3 atom stereocenters. The monoisotopic (exact) mass is 886 g/mol. The average molecular weight is 887 g/mol. The number of H-pyrrole nitrogens is 2. The van der Waals surface area contributed by atoms with Gasteiger partial charge in [-0.05, 0) is 71.7 Å². The Kier molecular flexibility index (Phi) is 12.9. The molecule has 4 aromatic heterocycles. The number of benzene rings is 3. The maximum atomic E-state index is 13.8. The van der Waals surface area contributed by atoms with Gasteiger partial charge in [0.25, 0.3) is 0 Å². The van der Waals surface area contributed by atoms with E-state index in [1.807, 2.05) is 62.1 Å². The highest BCUT2D eigenvalue weighted by Crippen LogP contribution is 2.43. The second kappa shape index (κ2) is 18.8. The minimum atomic E-state index is -0.898. The fourth-order valence-corrected chi connectivity index (χ4v) is 10.5. The lowest BCUT2D eigenvalue weighted by Crippen LogP contribution is -2.51. The number of amides is 4. The summed E-state index contributed by atoms with van der Waals surface area (Å²) in [6, 6.07) is 26.5. The van der Waals surface area contributed by atoms with Crippen LogP contribution in [0.4, 0.5) is 9.59 Å². The average Bonchev–Trinajstić information content (AvgIpc) is 4.15. The van der Waals surface area contributed by atoms with Crippen molar-refractivity contribution in [2.45, 2.75) is 64.7 Å². The molecule has 0 bridgehead atoms. The molecule has 8 rings (SSSR count). The Balaban J connectivity index is 0.938. The molecule has 1 fully saturated rings. The first kappa shape index (κ1) is 43.1. The van der Waals surface area contributed by atoms with Crippen LogP contribution in [0.1, 0.15) is 69.3 Å². The van der Waals surface area contributed by atoms with Crippen LogP contribution in [0.5, 0.6) is 0 Å². The molecule has 16 heteroatoms. The van der Waals surface area contributed by atoms with Crippen LogP contribution in [0.2, 0.25) is 0 Å². The van der Waals surface area contributed by atoms with Crippen molar-refractivity contribution in [1.29, 1.82) is 0 Å². The van der Waals surface area contributed by atoms with Gasteiger partial charge in [-0.25, -0.2) is 19.6 Å². The van der Waals surface area contributed by atoms with E-state index < -0.39 is 24.3 Å². The van der Waals surface area contributed by atoms with Crippen LogP contribution in [0.25, 0.3) is 52.6 Å². The fraction of sp³-hybridized carbons (Fsp3) is 0.319. The standard InChI is InChI=1S/C47H50N8O6S2/c1-6-20-54(44(56)42(53-47(59)61-5)30-11-8-7-9-12-30)26-40-48-25-34(49-40)28-14-16-29(17-15-28)36-23-38-39(62-36)24-37(63-38)31-18-19-32-33(22-31)51-43(50-32)35-13-10-21-55(35)45(57)41(27(2)3)52-46(58)60-4/h7-9,11-12,14-19,22-25,27,35,41-42H,6,10,13,20-21,26H2,1-5H3,(H,48,49)(H,50,51)(H,52,58)(H,53,59). The largest absolute Gasteiger partial charge is 0.453 e. The summed E-state index contributed by atoms with van der Waals surface area (Å²) in [6.45, 7) is 7.16. The van der Waals surface area contributed by atoms with Crippen molar-refractivity contribution in [3.8, 4) is 32.1 Å². The van der Waals surface area contributed by atoms with Crippen LogP contribution < -0.4 is 10.6 Å². The Bertz CT molecular complexity index is 2710. The molecule has 0 saturated carbocycles. The van der Waals surface area contributed by atoms with Gasteiger partial charge < -0.3 is 39.9 Å². The van der Waals surface area contributed by atoms with Gasteiger partial charge in [-0.15, -0.1) is 22.7 Å². The molecule has 63 heavy (non-hydrogen) atoms. The molecule has 1 aliphatic rings. The van der Waals surface area contributed by atoms with Crippen molar-refractivity contribution in [3.63, 3.8) is 0 Å². The topological polar surface area (TPSA) is 175 Å². The lowest BCUT2D eigenvalue weighted by Gasteiger charge is -2.29. The first-order chi connectivity index (χ1) is 30.5. The van der Waals surface area contributed by atoms with Crippen molar-refractivity contribution in [2.75, 3.05) is 27.3 Å². The number of rotatable bonds is 14. The highest BCUT2D eigenvalue weighted by Gasteiger charge is 2.37. The predicted molar refractivity (Wildman–Crippen MR) is 246 cm³/mol. The third-order valence-corrected chi connectivity index (χ3v) is 13.7. The van der Waals surface area contributed by atoms with Gasteiger partial charge in [-0.1, -0.05) is 81.4 Å². The number of hydrogen-bond donors (Lipinski definition) is 4. The fourth-order valence-electron chi connectivity index (χ4n) is 8.07. The third kappa shape index (κ3) is 9.32. The number of aromatic amines is 2. The Hall–Kier alpha value is -6.52. The SMILES string of the molecule is CCCN(Cc1ncc(-c2ccc(-c3cc4sc(-c5ccc6nc(C7CCCN7C(=O)C(NC(=O)OC)C(C)C)[nH]c6c5)cc4s3)cc2)[nH]1)C(=O)C(NC(=O)OC)c1ccccc1. The predicted octanol–water partition coefficient (Wildman–Crippen LogP) is 9.44. The van der Waals surface area contributed by atoms with E-state index in [1.165, 1.54) is 28.5 Å². The van der Waals surface area contributed by atoms with Crippen molar-refractivity contribution in [1.82, 2.24) is 40.4 Å². The lowest BCUT2D eigenvalue weighted by atomic mass is 10.0.